The third-order valence-corrected chi connectivity index (χ3v) is 8.11. The number of carbonyl (C=O) groups excluding carboxylic acids is 1. The molecule has 9 nitrogen and oxygen atoms in total. The largest absolute Gasteiger partial charge is 0.481 e. The summed E-state index contributed by atoms with van der Waals surface area (Å²) in [4.78, 5) is 30.5. The highest BCUT2D eigenvalue weighted by atomic mass is 16.7. The Labute approximate surface area is 226 Å². The monoisotopic (exact) mass is 532 g/mol. The molecule has 0 aromatic heterocycles. The lowest BCUT2D eigenvalue weighted by atomic mass is 9.77. The minimum absolute atomic E-state index is 0.0681. The maximum Gasteiger partial charge on any atom is 0.308 e. The molecule has 38 heavy (non-hydrogen) atoms. The van der Waals surface area contributed by atoms with E-state index >= 15 is 0 Å². The Balaban J connectivity index is 1.62. The number of hydrogen-bond donors (Lipinski definition) is 1. The van der Waals surface area contributed by atoms with Crippen LogP contribution >= 0.6 is 0 Å². The highest BCUT2D eigenvalue weighted by Gasteiger charge is 2.50. The molecule has 3 aliphatic rings. The second kappa shape index (κ2) is 12.7. The molecule has 3 aliphatic heterocycles. The van der Waals surface area contributed by atoms with Gasteiger partial charge in [-0.15, -0.1) is 0 Å². The molecule has 1 aromatic rings. The van der Waals surface area contributed by atoms with Crippen LogP contribution in [-0.4, -0.2) is 85.3 Å². The molecular weight excluding hydrogens is 488 g/mol. The smallest absolute Gasteiger partial charge is 0.308 e. The zero-order valence-electron chi connectivity index (χ0n) is 23.3. The number of amides is 1. The van der Waals surface area contributed by atoms with Gasteiger partial charge in [-0.25, -0.2) is 0 Å². The summed E-state index contributed by atoms with van der Waals surface area (Å²) in [7, 11) is 0. The van der Waals surface area contributed by atoms with Gasteiger partial charge in [0.15, 0.2) is 17.8 Å². The second-order valence-corrected chi connectivity index (χ2v) is 11.4. The molecule has 0 radical (unpaired) electrons. The van der Waals surface area contributed by atoms with Crippen molar-refractivity contribution in [1.29, 1.82) is 0 Å². The molecule has 212 valence electrons. The standard InChI is InChI=1S/C29H44N2O7/c1-5-7-11-30(12-8-6-2)25(32)18-31-17-21(20-9-10-23-24(15-20)38-19-37-23)26(27(33)34)22(31)16-29(3,4)28-35-13-14-36-28/h9-10,15,21-22,26,28H,5-8,11-14,16-19H2,1-4H3,(H,33,34)/t21-,22-,26+/m1/s1. The number of unbranched alkanes of at least 4 members (excludes halogenated alkanes) is 2. The minimum Gasteiger partial charge on any atom is -0.481 e. The van der Waals surface area contributed by atoms with E-state index in [0.717, 1.165) is 44.3 Å². The third kappa shape index (κ3) is 6.43. The van der Waals surface area contributed by atoms with Crippen LogP contribution in [0.15, 0.2) is 18.2 Å². The number of benzene rings is 1. The lowest BCUT2D eigenvalue weighted by Gasteiger charge is -2.37. The van der Waals surface area contributed by atoms with Crippen molar-refractivity contribution in [3.63, 3.8) is 0 Å². The Hall–Kier alpha value is -2.36. The first kappa shape index (κ1) is 28.6. The fourth-order valence-electron chi connectivity index (χ4n) is 6.01. The minimum atomic E-state index is -0.856. The number of carboxylic acids is 1. The van der Waals surface area contributed by atoms with Crippen molar-refractivity contribution in [3.8, 4) is 11.5 Å². The predicted octanol–water partition coefficient (Wildman–Crippen LogP) is 4.10. The molecule has 0 saturated carbocycles. The van der Waals surface area contributed by atoms with Gasteiger partial charge >= 0.3 is 5.97 Å². The predicted molar refractivity (Wildman–Crippen MR) is 142 cm³/mol. The molecule has 9 heteroatoms. The van der Waals surface area contributed by atoms with Gasteiger partial charge in [0.25, 0.3) is 0 Å². The van der Waals surface area contributed by atoms with E-state index in [9.17, 15) is 14.7 Å². The Morgan fingerprint density at radius 1 is 1.05 bits per heavy atom. The summed E-state index contributed by atoms with van der Waals surface area (Å²) < 4.78 is 22.7. The second-order valence-electron chi connectivity index (χ2n) is 11.4. The van der Waals surface area contributed by atoms with Crippen LogP contribution in [-0.2, 0) is 19.1 Å². The highest BCUT2D eigenvalue weighted by Crippen LogP contribution is 2.46. The van der Waals surface area contributed by atoms with Gasteiger partial charge in [-0.3, -0.25) is 14.5 Å². The average Bonchev–Trinajstić information content (AvgIpc) is 3.64. The van der Waals surface area contributed by atoms with Crippen LogP contribution in [0.2, 0.25) is 0 Å². The maximum absolute atomic E-state index is 13.6. The Bertz CT molecular complexity index is 954. The number of carbonyl (C=O) groups is 2. The third-order valence-electron chi connectivity index (χ3n) is 8.11. The summed E-state index contributed by atoms with van der Waals surface area (Å²) in [6.07, 6.45) is 4.09. The number of carboxylic acid groups (broad SMARTS) is 1. The summed E-state index contributed by atoms with van der Waals surface area (Å²) >= 11 is 0. The van der Waals surface area contributed by atoms with E-state index in [4.69, 9.17) is 18.9 Å². The number of aliphatic carboxylic acids is 1. The van der Waals surface area contributed by atoms with Crippen molar-refractivity contribution < 1.29 is 33.6 Å². The summed E-state index contributed by atoms with van der Waals surface area (Å²) in [5, 5.41) is 10.5. The van der Waals surface area contributed by atoms with E-state index in [1.165, 1.54) is 0 Å². The fraction of sp³-hybridized carbons (Fsp3) is 0.724. The first-order chi connectivity index (χ1) is 18.2. The van der Waals surface area contributed by atoms with E-state index in [1.54, 1.807) is 0 Å². The molecule has 0 spiro atoms. The van der Waals surface area contributed by atoms with Crippen LogP contribution in [0.5, 0.6) is 11.5 Å². The van der Waals surface area contributed by atoms with Gasteiger partial charge in [-0.05, 0) is 37.0 Å². The Morgan fingerprint density at radius 2 is 1.71 bits per heavy atom. The van der Waals surface area contributed by atoms with Gasteiger partial charge in [0.2, 0.25) is 12.7 Å². The molecule has 0 bridgehead atoms. The molecule has 0 aliphatic carbocycles. The van der Waals surface area contributed by atoms with E-state index in [1.807, 2.05) is 23.1 Å². The van der Waals surface area contributed by atoms with Gasteiger partial charge in [-0.2, -0.15) is 0 Å². The fourth-order valence-corrected chi connectivity index (χ4v) is 6.01. The quantitative estimate of drug-likeness (QED) is 0.406. The average molecular weight is 533 g/mol. The molecule has 2 fully saturated rings. The Morgan fingerprint density at radius 3 is 2.34 bits per heavy atom. The number of nitrogens with zero attached hydrogens (tertiary/aromatic N) is 2. The number of rotatable bonds is 13. The molecular formula is C29H44N2O7. The van der Waals surface area contributed by atoms with E-state index in [2.05, 4.69) is 32.6 Å². The van der Waals surface area contributed by atoms with Crippen molar-refractivity contribution in [1.82, 2.24) is 9.80 Å². The number of likely N-dealkylation sites (tertiary alicyclic amines) is 1. The van der Waals surface area contributed by atoms with Crippen molar-refractivity contribution in [2.45, 2.75) is 78.0 Å². The first-order valence-electron chi connectivity index (χ1n) is 14.1. The van der Waals surface area contributed by atoms with Gasteiger partial charge in [-0.1, -0.05) is 46.6 Å². The lowest BCUT2D eigenvalue weighted by molar-refractivity contribution is -0.148. The summed E-state index contributed by atoms with van der Waals surface area (Å²) in [5.74, 6) is -0.467. The van der Waals surface area contributed by atoms with Crippen molar-refractivity contribution in [2.24, 2.45) is 11.3 Å². The van der Waals surface area contributed by atoms with Gasteiger partial charge < -0.3 is 29.0 Å². The van der Waals surface area contributed by atoms with Crippen LogP contribution in [0, 0.1) is 11.3 Å². The summed E-state index contributed by atoms with van der Waals surface area (Å²) in [6.45, 7) is 11.7. The van der Waals surface area contributed by atoms with E-state index < -0.39 is 23.6 Å². The van der Waals surface area contributed by atoms with Crippen molar-refractivity contribution in [2.75, 3.05) is 46.2 Å². The molecule has 1 amide bonds. The van der Waals surface area contributed by atoms with E-state index in [0.29, 0.717) is 37.7 Å². The maximum atomic E-state index is 13.6. The highest BCUT2D eigenvalue weighted by molar-refractivity contribution is 5.79. The number of hydrogen-bond acceptors (Lipinski definition) is 7. The zero-order chi connectivity index (χ0) is 27.3. The van der Waals surface area contributed by atoms with Gasteiger partial charge in [0.1, 0.15) is 0 Å². The topological polar surface area (TPSA) is 97.8 Å². The normalized spacial score (nSPS) is 23.7. The molecule has 1 N–H and O–H groups in total. The summed E-state index contributed by atoms with van der Waals surface area (Å²) in [6, 6.07) is 5.32. The van der Waals surface area contributed by atoms with Crippen LogP contribution in [0.4, 0.5) is 0 Å². The Kier molecular flexibility index (Phi) is 9.54. The van der Waals surface area contributed by atoms with Crippen molar-refractivity contribution >= 4 is 11.9 Å². The lowest BCUT2D eigenvalue weighted by Crippen LogP contribution is -2.47. The zero-order valence-corrected chi connectivity index (χ0v) is 23.3. The van der Waals surface area contributed by atoms with Crippen LogP contribution in [0.25, 0.3) is 0 Å². The molecule has 3 atom stereocenters. The molecule has 1 aromatic carbocycles. The molecule has 2 saturated heterocycles. The van der Waals surface area contributed by atoms with Crippen LogP contribution < -0.4 is 9.47 Å². The van der Waals surface area contributed by atoms with Gasteiger partial charge in [0.05, 0.1) is 25.7 Å². The van der Waals surface area contributed by atoms with E-state index in [-0.39, 0.29) is 31.2 Å². The SMILES string of the molecule is CCCCN(CCCC)C(=O)CN1C[C@H](c2ccc3c(c2)OCO3)[C@H](C(=O)O)[C@H]1CC(C)(C)C1OCCO1. The van der Waals surface area contributed by atoms with Crippen LogP contribution in [0.1, 0.15) is 71.3 Å². The van der Waals surface area contributed by atoms with Gasteiger partial charge in [0, 0.05) is 37.0 Å². The molecule has 0 unspecified atom stereocenters. The molecule has 3 heterocycles. The number of ether oxygens (including phenoxy) is 4. The number of fused-ring (bicyclic) bond motifs is 1. The molecule has 4 rings (SSSR count). The summed E-state index contributed by atoms with van der Waals surface area (Å²) in [5.41, 5.74) is 0.464. The first-order valence-corrected chi connectivity index (χ1v) is 14.1. The van der Waals surface area contributed by atoms with Crippen molar-refractivity contribution in [3.05, 3.63) is 23.8 Å². The van der Waals surface area contributed by atoms with Crippen LogP contribution in [0.3, 0.4) is 0 Å².